The van der Waals surface area contributed by atoms with E-state index in [4.69, 9.17) is 0 Å². The van der Waals surface area contributed by atoms with Gasteiger partial charge in [0.05, 0.1) is 0 Å². The molecule has 0 aliphatic carbocycles. The highest BCUT2D eigenvalue weighted by atomic mass is 32.2. The fourth-order valence-electron chi connectivity index (χ4n) is 0.846. The van der Waals surface area contributed by atoms with Crippen LogP contribution in [-0.4, -0.2) is 37.6 Å². The highest BCUT2D eigenvalue weighted by molar-refractivity contribution is 8.14. The third-order valence-corrected chi connectivity index (χ3v) is 2.19. The number of hydrogen-bond donors (Lipinski definition) is 2. The Labute approximate surface area is 72.3 Å². The summed E-state index contributed by atoms with van der Waals surface area (Å²) in [5.74, 6) is 0. The first-order chi connectivity index (χ1) is 5.20. The average molecular weight is 176 g/mol. The lowest BCUT2D eigenvalue weighted by molar-refractivity contribution is -0.109. The summed E-state index contributed by atoms with van der Waals surface area (Å²) in [5.41, 5.74) is 0. The predicted octanol–water partition coefficient (Wildman–Crippen LogP) is 0.0735. The molecule has 0 aliphatic heterocycles. The molecule has 0 aromatic carbocycles. The van der Waals surface area contributed by atoms with Gasteiger partial charge in [0, 0.05) is 25.3 Å². The first-order valence-corrected chi connectivity index (χ1v) is 4.55. The highest BCUT2D eigenvalue weighted by Crippen LogP contribution is 2.09. The molecule has 11 heavy (non-hydrogen) atoms. The minimum Gasteiger partial charge on any atom is -0.319 e. The van der Waals surface area contributed by atoms with Gasteiger partial charge in [0.25, 0.3) is 0 Å². The van der Waals surface area contributed by atoms with Crippen molar-refractivity contribution in [1.29, 1.82) is 0 Å². The summed E-state index contributed by atoms with van der Waals surface area (Å²) in [6.07, 6.45) is 0. The van der Waals surface area contributed by atoms with E-state index in [2.05, 4.69) is 10.6 Å². The van der Waals surface area contributed by atoms with Crippen molar-refractivity contribution in [3.8, 4) is 0 Å². The van der Waals surface area contributed by atoms with E-state index in [1.807, 2.05) is 14.1 Å². The van der Waals surface area contributed by atoms with Gasteiger partial charge in [-0.2, -0.15) is 0 Å². The zero-order valence-electron chi connectivity index (χ0n) is 7.31. The lowest BCUT2D eigenvalue weighted by Crippen LogP contribution is -2.30. The first kappa shape index (κ1) is 10.9. The predicted molar refractivity (Wildman–Crippen MR) is 49.9 cm³/mol. The zero-order valence-corrected chi connectivity index (χ0v) is 8.12. The van der Waals surface area contributed by atoms with Crippen LogP contribution in [0, 0.1) is 0 Å². The van der Waals surface area contributed by atoms with Crippen LogP contribution in [0.2, 0.25) is 0 Å². The van der Waals surface area contributed by atoms with E-state index in [9.17, 15) is 4.79 Å². The van der Waals surface area contributed by atoms with Gasteiger partial charge in [-0.15, -0.1) is 0 Å². The standard InChI is InChI=1S/C7H16N2OS/c1-6(10)11-7(4-8-2)5-9-3/h7-9H,4-5H2,1-3H3. The van der Waals surface area contributed by atoms with Gasteiger partial charge >= 0.3 is 0 Å². The Bertz CT molecular complexity index is 113. The van der Waals surface area contributed by atoms with Crippen molar-refractivity contribution in [2.75, 3.05) is 27.2 Å². The molecule has 0 heterocycles. The van der Waals surface area contributed by atoms with E-state index in [0.29, 0.717) is 5.25 Å². The maximum atomic E-state index is 10.7. The molecule has 4 heteroatoms. The van der Waals surface area contributed by atoms with Crippen molar-refractivity contribution in [2.24, 2.45) is 0 Å². The Balaban J connectivity index is 3.59. The Hall–Kier alpha value is -0.0600. The summed E-state index contributed by atoms with van der Waals surface area (Å²) in [4.78, 5) is 10.7. The second kappa shape index (κ2) is 6.64. The Morgan fingerprint density at radius 3 is 2.09 bits per heavy atom. The Morgan fingerprint density at radius 2 is 1.82 bits per heavy atom. The number of thioether (sulfide) groups is 1. The van der Waals surface area contributed by atoms with Crippen molar-refractivity contribution in [3.63, 3.8) is 0 Å². The summed E-state index contributed by atoms with van der Waals surface area (Å²) in [6.45, 7) is 3.33. The van der Waals surface area contributed by atoms with Crippen LogP contribution in [0.3, 0.4) is 0 Å². The molecule has 0 fully saturated rings. The van der Waals surface area contributed by atoms with Crippen molar-refractivity contribution in [2.45, 2.75) is 12.2 Å². The van der Waals surface area contributed by atoms with Gasteiger partial charge in [0.15, 0.2) is 5.12 Å². The van der Waals surface area contributed by atoms with E-state index < -0.39 is 0 Å². The number of carbonyl (C=O) groups excluding carboxylic acids is 1. The van der Waals surface area contributed by atoms with E-state index >= 15 is 0 Å². The van der Waals surface area contributed by atoms with Gasteiger partial charge in [-0.3, -0.25) is 4.79 Å². The minimum atomic E-state index is 0.181. The highest BCUT2D eigenvalue weighted by Gasteiger charge is 2.08. The van der Waals surface area contributed by atoms with Crippen molar-refractivity contribution >= 4 is 16.9 Å². The molecule has 66 valence electrons. The maximum Gasteiger partial charge on any atom is 0.186 e. The molecular formula is C7H16N2OS. The molecule has 0 spiro atoms. The van der Waals surface area contributed by atoms with Crippen molar-refractivity contribution < 1.29 is 4.79 Å². The normalized spacial score (nSPS) is 10.5. The summed E-state index contributed by atoms with van der Waals surface area (Å²) in [5, 5.41) is 6.62. The number of nitrogens with one attached hydrogen (secondary N) is 2. The average Bonchev–Trinajstić information content (AvgIpc) is 1.87. The molecule has 0 rings (SSSR count). The first-order valence-electron chi connectivity index (χ1n) is 3.67. The topological polar surface area (TPSA) is 41.1 Å². The van der Waals surface area contributed by atoms with Gasteiger partial charge in [0.1, 0.15) is 0 Å². The lowest BCUT2D eigenvalue weighted by Gasteiger charge is -2.12. The van der Waals surface area contributed by atoms with Gasteiger partial charge in [0.2, 0.25) is 0 Å². The number of rotatable bonds is 5. The van der Waals surface area contributed by atoms with E-state index in [0.717, 1.165) is 13.1 Å². The second-order valence-corrected chi connectivity index (χ2v) is 3.82. The molecule has 0 atom stereocenters. The molecule has 0 unspecified atom stereocenters. The third-order valence-electron chi connectivity index (χ3n) is 1.20. The van der Waals surface area contributed by atoms with Gasteiger partial charge in [-0.25, -0.2) is 0 Å². The molecule has 2 N–H and O–H groups in total. The number of carbonyl (C=O) groups is 1. The molecule has 0 aromatic heterocycles. The molecular weight excluding hydrogens is 160 g/mol. The molecule has 0 saturated heterocycles. The van der Waals surface area contributed by atoms with Crippen LogP contribution in [0.15, 0.2) is 0 Å². The van der Waals surface area contributed by atoms with Crippen LogP contribution < -0.4 is 10.6 Å². The van der Waals surface area contributed by atoms with Gasteiger partial charge in [-0.05, 0) is 14.1 Å². The lowest BCUT2D eigenvalue weighted by atomic mass is 10.4. The Morgan fingerprint density at radius 1 is 1.36 bits per heavy atom. The largest absolute Gasteiger partial charge is 0.319 e. The number of hydrogen-bond acceptors (Lipinski definition) is 4. The summed E-state index contributed by atoms with van der Waals surface area (Å²) in [6, 6.07) is 0. The fourth-order valence-corrected chi connectivity index (χ4v) is 1.81. The zero-order chi connectivity index (χ0) is 8.69. The molecule has 3 nitrogen and oxygen atoms in total. The van der Waals surface area contributed by atoms with Crippen LogP contribution in [0.5, 0.6) is 0 Å². The minimum absolute atomic E-state index is 0.181. The molecule has 0 aliphatic rings. The van der Waals surface area contributed by atoms with Crippen LogP contribution in [0.25, 0.3) is 0 Å². The summed E-state index contributed by atoms with van der Waals surface area (Å²) >= 11 is 1.38. The molecule has 0 bridgehead atoms. The quantitative estimate of drug-likeness (QED) is 0.622. The SMILES string of the molecule is CNCC(CNC)SC(C)=O. The summed E-state index contributed by atoms with van der Waals surface area (Å²) in [7, 11) is 3.78. The van der Waals surface area contributed by atoms with Crippen molar-refractivity contribution in [3.05, 3.63) is 0 Å². The summed E-state index contributed by atoms with van der Waals surface area (Å²) < 4.78 is 0. The Kier molecular flexibility index (Phi) is 6.60. The molecule has 0 aromatic rings. The molecule has 0 saturated carbocycles. The van der Waals surface area contributed by atoms with Crippen LogP contribution in [0.4, 0.5) is 0 Å². The van der Waals surface area contributed by atoms with Crippen LogP contribution in [0.1, 0.15) is 6.92 Å². The van der Waals surface area contributed by atoms with Gasteiger partial charge in [-0.1, -0.05) is 11.8 Å². The van der Waals surface area contributed by atoms with E-state index in [1.54, 1.807) is 6.92 Å². The molecule has 0 amide bonds. The van der Waals surface area contributed by atoms with Crippen molar-refractivity contribution in [1.82, 2.24) is 10.6 Å². The van der Waals surface area contributed by atoms with E-state index in [1.165, 1.54) is 11.8 Å². The van der Waals surface area contributed by atoms with Crippen LogP contribution >= 0.6 is 11.8 Å². The maximum absolute atomic E-state index is 10.7. The second-order valence-electron chi connectivity index (χ2n) is 2.35. The monoisotopic (exact) mass is 176 g/mol. The molecule has 0 radical (unpaired) electrons. The third kappa shape index (κ3) is 6.34. The van der Waals surface area contributed by atoms with Crippen LogP contribution in [-0.2, 0) is 4.79 Å². The van der Waals surface area contributed by atoms with Gasteiger partial charge < -0.3 is 10.6 Å². The van der Waals surface area contributed by atoms with E-state index in [-0.39, 0.29) is 5.12 Å². The smallest absolute Gasteiger partial charge is 0.186 e. The fraction of sp³-hybridized carbons (Fsp3) is 0.857.